The van der Waals surface area contributed by atoms with Gasteiger partial charge < -0.3 is 15.0 Å². The second-order valence-electron chi connectivity index (χ2n) is 7.47. The number of likely N-dealkylation sites (N-methyl/N-ethyl adjacent to an activating group) is 1. The maximum absolute atomic E-state index is 12.8. The highest BCUT2D eigenvalue weighted by atomic mass is 16.5. The van der Waals surface area contributed by atoms with Gasteiger partial charge in [0.05, 0.1) is 11.9 Å². The molecule has 2 heterocycles. The van der Waals surface area contributed by atoms with E-state index in [0.717, 1.165) is 29.1 Å². The van der Waals surface area contributed by atoms with E-state index in [9.17, 15) is 4.79 Å². The summed E-state index contributed by atoms with van der Waals surface area (Å²) in [5.74, 6) is 0.608. The molecule has 0 spiro atoms. The Labute approximate surface area is 181 Å². The van der Waals surface area contributed by atoms with E-state index in [0.29, 0.717) is 24.4 Å². The van der Waals surface area contributed by atoms with Gasteiger partial charge in [-0.2, -0.15) is 5.10 Å². The van der Waals surface area contributed by atoms with Gasteiger partial charge in [0.2, 0.25) is 0 Å². The minimum atomic E-state index is -0.209. The quantitative estimate of drug-likeness (QED) is 0.478. The molecule has 0 saturated carbocycles. The molecule has 1 N–H and O–H groups in total. The molecule has 0 radical (unpaired) electrons. The summed E-state index contributed by atoms with van der Waals surface area (Å²) in [6.45, 7) is 1.90. The highest BCUT2D eigenvalue weighted by molar-refractivity contribution is 5.99. The molecule has 4 aromatic rings. The number of fused-ring (bicyclic) bond motifs is 1. The van der Waals surface area contributed by atoms with E-state index in [1.807, 2.05) is 74.8 Å². The summed E-state index contributed by atoms with van der Waals surface area (Å²) in [4.78, 5) is 19.2. The summed E-state index contributed by atoms with van der Waals surface area (Å²) in [6.07, 6.45) is 3.26. The molecule has 31 heavy (non-hydrogen) atoms. The van der Waals surface area contributed by atoms with Crippen LogP contribution in [0.5, 0.6) is 5.75 Å². The molecule has 2 aromatic heterocycles. The number of amides is 1. The topological polar surface area (TPSA) is 71.8 Å². The first-order chi connectivity index (χ1) is 15.1. The number of ether oxygens (including phenoxy) is 1. The van der Waals surface area contributed by atoms with Gasteiger partial charge in [0.1, 0.15) is 17.9 Å². The van der Waals surface area contributed by atoms with Crippen LogP contribution >= 0.6 is 0 Å². The lowest BCUT2D eigenvalue weighted by Crippen LogP contribution is -2.22. The molecule has 7 nitrogen and oxygen atoms in total. The van der Waals surface area contributed by atoms with Gasteiger partial charge in [-0.3, -0.25) is 4.79 Å². The van der Waals surface area contributed by atoms with Crippen molar-refractivity contribution < 1.29 is 9.53 Å². The smallest absolute Gasteiger partial charge is 0.257 e. The fourth-order valence-corrected chi connectivity index (χ4v) is 3.21. The van der Waals surface area contributed by atoms with Gasteiger partial charge >= 0.3 is 0 Å². The molecular weight excluding hydrogens is 390 g/mol. The highest BCUT2D eigenvalue weighted by Gasteiger charge is 2.16. The number of carbonyl (C=O) groups is 1. The second kappa shape index (κ2) is 9.40. The van der Waals surface area contributed by atoms with Gasteiger partial charge in [-0.1, -0.05) is 42.5 Å². The number of hydrogen-bond donors (Lipinski definition) is 1. The van der Waals surface area contributed by atoms with E-state index in [1.165, 1.54) is 0 Å². The molecule has 158 valence electrons. The van der Waals surface area contributed by atoms with Gasteiger partial charge in [-0.15, -0.1) is 0 Å². The predicted octanol–water partition coefficient (Wildman–Crippen LogP) is 3.27. The zero-order valence-corrected chi connectivity index (χ0v) is 17.7. The Morgan fingerprint density at radius 1 is 1.06 bits per heavy atom. The highest BCUT2D eigenvalue weighted by Crippen LogP contribution is 2.20. The Balaban J connectivity index is 1.42. The lowest BCUT2D eigenvalue weighted by Gasteiger charge is -2.11. The lowest BCUT2D eigenvalue weighted by molar-refractivity contribution is 0.0952. The first-order valence-corrected chi connectivity index (χ1v) is 10.1. The number of benzene rings is 2. The van der Waals surface area contributed by atoms with Crippen LogP contribution in [0.15, 0.2) is 73.1 Å². The minimum Gasteiger partial charge on any atom is -0.492 e. The van der Waals surface area contributed by atoms with Gasteiger partial charge in [-0.25, -0.2) is 9.50 Å². The summed E-state index contributed by atoms with van der Waals surface area (Å²) in [7, 11) is 4.02. The summed E-state index contributed by atoms with van der Waals surface area (Å²) >= 11 is 0. The zero-order chi connectivity index (χ0) is 21.6. The normalized spacial score (nSPS) is 11.1. The Morgan fingerprint density at radius 2 is 1.84 bits per heavy atom. The molecular formula is C24H25N5O2. The van der Waals surface area contributed by atoms with Crippen LogP contribution < -0.4 is 10.1 Å². The third-order valence-corrected chi connectivity index (χ3v) is 4.90. The first kappa shape index (κ1) is 20.6. The first-order valence-electron chi connectivity index (χ1n) is 10.1. The number of rotatable bonds is 8. The van der Waals surface area contributed by atoms with Crippen LogP contribution in [-0.2, 0) is 6.54 Å². The molecule has 2 aromatic carbocycles. The van der Waals surface area contributed by atoms with Gasteiger partial charge in [0.25, 0.3) is 5.91 Å². The van der Waals surface area contributed by atoms with Crippen LogP contribution in [-0.4, -0.2) is 52.7 Å². The molecule has 0 aliphatic rings. The van der Waals surface area contributed by atoms with Crippen molar-refractivity contribution in [3.8, 4) is 17.0 Å². The fourth-order valence-electron chi connectivity index (χ4n) is 3.21. The zero-order valence-electron chi connectivity index (χ0n) is 17.7. The maximum Gasteiger partial charge on any atom is 0.257 e. The van der Waals surface area contributed by atoms with E-state index in [4.69, 9.17) is 4.74 Å². The summed E-state index contributed by atoms with van der Waals surface area (Å²) in [5, 5.41) is 7.35. The third kappa shape index (κ3) is 4.90. The van der Waals surface area contributed by atoms with Crippen molar-refractivity contribution in [3.05, 3.63) is 84.2 Å². The van der Waals surface area contributed by atoms with Crippen LogP contribution in [0.3, 0.4) is 0 Å². The molecule has 0 atom stereocenters. The number of nitrogens with one attached hydrogen (secondary N) is 1. The van der Waals surface area contributed by atoms with Crippen LogP contribution in [0.25, 0.3) is 16.9 Å². The molecule has 0 aliphatic heterocycles. The molecule has 1 amide bonds. The molecule has 0 saturated heterocycles. The van der Waals surface area contributed by atoms with E-state index in [-0.39, 0.29) is 5.91 Å². The maximum atomic E-state index is 12.8. The summed E-state index contributed by atoms with van der Waals surface area (Å²) < 4.78 is 7.40. The second-order valence-corrected chi connectivity index (χ2v) is 7.47. The number of carbonyl (C=O) groups excluding carboxylic acids is 1. The van der Waals surface area contributed by atoms with Gasteiger partial charge in [0.15, 0.2) is 5.65 Å². The lowest BCUT2D eigenvalue weighted by atomic mass is 10.1. The van der Waals surface area contributed by atoms with E-state index in [1.54, 1.807) is 16.9 Å². The van der Waals surface area contributed by atoms with Crippen molar-refractivity contribution >= 4 is 11.6 Å². The average molecular weight is 415 g/mol. The van der Waals surface area contributed by atoms with Crippen LogP contribution in [0.4, 0.5) is 0 Å². The monoisotopic (exact) mass is 415 g/mol. The van der Waals surface area contributed by atoms with Gasteiger partial charge in [0, 0.05) is 24.8 Å². The molecule has 0 aliphatic carbocycles. The molecule has 0 fully saturated rings. The summed E-state index contributed by atoms with van der Waals surface area (Å²) in [5.41, 5.74) is 3.86. The molecule has 0 unspecified atom stereocenters. The molecule has 0 bridgehead atoms. The third-order valence-electron chi connectivity index (χ3n) is 4.90. The number of nitrogens with zero attached hydrogens (tertiary/aromatic N) is 4. The largest absolute Gasteiger partial charge is 0.492 e. The Morgan fingerprint density at radius 3 is 2.58 bits per heavy atom. The van der Waals surface area contributed by atoms with Crippen LogP contribution in [0, 0.1) is 0 Å². The number of hydrogen-bond acceptors (Lipinski definition) is 5. The Hall–Kier alpha value is -3.71. The SMILES string of the molecule is CN(C)CCOc1ccc(CNC(=O)c2cnn3c(-c4ccccc4)ccnc23)cc1. The van der Waals surface area contributed by atoms with Crippen molar-refractivity contribution in [2.45, 2.75) is 6.54 Å². The van der Waals surface area contributed by atoms with Crippen LogP contribution in [0.1, 0.15) is 15.9 Å². The van der Waals surface area contributed by atoms with Crippen LogP contribution in [0.2, 0.25) is 0 Å². The fraction of sp³-hybridized carbons (Fsp3) is 0.208. The van der Waals surface area contributed by atoms with Crippen molar-refractivity contribution in [1.29, 1.82) is 0 Å². The molecule has 4 rings (SSSR count). The van der Waals surface area contributed by atoms with E-state index < -0.39 is 0 Å². The van der Waals surface area contributed by atoms with Crippen molar-refractivity contribution in [2.24, 2.45) is 0 Å². The minimum absolute atomic E-state index is 0.209. The Bertz CT molecular complexity index is 1150. The predicted molar refractivity (Wildman–Crippen MR) is 120 cm³/mol. The summed E-state index contributed by atoms with van der Waals surface area (Å²) in [6, 6.07) is 19.5. The number of aromatic nitrogens is 3. The standard InChI is InChI=1S/C24H25N5O2/c1-28(2)14-15-31-20-10-8-18(9-11-20)16-26-24(30)21-17-27-29-22(12-13-25-23(21)29)19-6-4-3-5-7-19/h3-13,17H,14-16H2,1-2H3,(H,26,30). The Kier molecular flexibility index (Phi) is 6.24. The van der Waals surface area contributed by atoms with Crippen molar-refractivity contribution in [3.63, 3.8) is 0 Å². The average Bonchev–Trinajstić information content (AvgIpc) is 3.23. The van der Waals surface area contributed by atoms with E-state index in [2.05, 4.69) is 20.3 Å². The van der Waals surface area contributed by atoms with Crippen molar-refractivity contribution in [1.82, 2.24) is 24.8 Å². The van der Waals surface area contributed by atoms with E-state index >= 15 is 0 Å². The molecule has 7 heteroatoms. The van der Waals surface area contributed by atoms with Crippen molar-refractivity contribution in [2.75, 3.05) is 27.2 Å². The van der Waals surface area contributed by atoms with Gasteiger partial charge in [-0.05, 0) is 37.9 Å².